The molecule has 2 aromatic rings. The monoisotopic (exact) mass is 449 g/mol. The highest BCUT2D eigenvalue weighted by atomic mass is 35.5. The van der Waals surface area contributed by atoms with E-state index in [1.165, 1.54) is 18.5 Å². The minimum atomic E-state index is -4.45. The lowest BCUT2D eigenvalue weighted by Crippen LogP contribution is -2.49. The molecule has 158 valence electrons. The van der Waals surface area contributed by atoms with E-state index in [2.05, 4.69) is 9.82 Å². The first-order valence-corrected chi connectivity index (χ1v) is 10.6. The molecule has 1 aromatic carbocycles. The SMILES string of the molecule is CS(=O)Nc1ccn(C(=O)N2CCN(Cc3cc(Cl)cc(C(F)(F)F)c3)CC2)n1. The molecule has 3 rings (SSSR count). The van der Waals surface area contributed by atoms with Crippen molar-refractivity contribution >= 4 is 34.4 Å². The predicted octanol–water partition coefficient (Wildman–Crippen LogP) is 3.05. The fraction of sp³-hybridized carbons (Fsp3) is 0.412. The van der Waals surface area contributed by atoms with Crippen LogP contribution < -0.4 is 4.72 Å². The molecule has 2 heterocycles. The van der Waals surface area contributed by atoms with Gasteiger partial charge in [-0.1, -0.05) is 11.6 Å². The highest BCUT2D eigenvalue weighted by Crippen LogP contribution is 2.32. The van der Waals surface area contributed by atoms with E-state index < -0.39 is 22.7 Å². The molecule has 1 aliphatic rings. The number of aromatic nitrogens is 2. The summed E-state index contributed by atoms with van der Waals surface area (Å²) in [5, 5.41) is 4.08. The highest BCUT2D eigenvalue weighted by molar-refractivity contribution is 7.85. The third-order valence-corrected chi connectivity index (χ3v) is 5.08. The minimum Gasteiger partial charge on any atom is -0.320 e. The van der Waals surface area contributed by atoms with E-state index in [1.54, 1.807) is 11.0 Å². The quantitative estimate of drug-likeness (QED) is 0.779. The van der Waals surface area contributed by atoms with Crippen LogP contribution >= 0.6 is 11.6 Å². The van der Waals surface area contributed by atoms with Crippen LogP contribution in [0.1, 0.15) is 11.1 Å². The molecule has 0 aliphatic carbocycles. The number of rotatable bonds is 4. The van der Waals surface area contributed by atoms with Crippen LogP contribution in [-0.2, 0) is 23.7 Å². The number of amides is 1. The smallest absolute Gasteiger partial charge is 0.320 e. The van der Waals surface area contributed by atoms with Crippen molar-refractivity contribution in [3.63, 3.8) is 0 Å². The second-order valence-electron chi connectivity index (χ2n) is 6.59. The van der Waals surface area contributed by atoms with Crippen molar-refractivity contribution in [3.8, 4) is 0 Å². The molecule has 1 unspecified atom stereocenters. The summed E-state index contributed by atoms with van der Waals surface area (Å²) < 4.78 is 53.8. The zero-order valence-corrected chi connectivity index (χ0v) is 17.0. The van der Waals surface area contributed by atoms with Gasteiger partial charge in [-0.05, 0) is 23.8 Å². The Kier molecular flexibility index (Phi) is 6.49. The number of alkyl halides is 3. The van der Waals surface area contributed by atoms with Crippen LogP contribution in [0.4, 0.5) is 23.8 Å². The van der Waals surface area contributed by atoms with Gasteiger partial charge < -0.3 is 4.90 Å². The summed E-state index contributed by atoms with van der Waals surface area (Å²) in [4.78, 5) is 16.1. The molecule has 29 heavy (non-hydrogen) atoms. The Labute approximate surface area is 173 Å². The number of nitrogens with zero attached hydrogens (tertiary/aromatic N) is 4. The van der Waals surface area contributed by atoms with Crippen LogP contribution in [0.15, 0.2) is 30.5 Å². The number of anilines is 1. The molecule has 1 N–H and O–H groups in total. The van der Waals surface area contributed by atoms with E-state index in [0.717, 1.165) is 16.8 Å². The zero-order valence-electron chi connectivity index (χ0n) is 15.4. The maximum Gasteiger partial charge on any atom is 0.416 e. The number of piperazine rings is 1. The van der Waals surface area contributed by atoms with Gasteiger partial charge in [-0.15, -0.1) is 5.10 Å². The molecular formula is C17H19ClF3N5O2S. The molecular weight excluding hydrogens is 431 g/mol. The van der Waals surface area contributed by atoms with Crippen LogP contribution in [0.5, 0.6) is 0 Å². The molecule has 0 spiro atoms. The fourth-order valence-electron chi connectivity index (χ4n) is 3.04. The first-order chi connectivity index (χ1) is 13.6. The van der Waals surface area contributed by atoms with Gasteiger partial charge in [0.25, 0.3) is 0 Å². The Morgan fingerprint density at radius 2 is 1.93 bits per heavy atom. The van der Waals surface area contributed by atoms with Gasteiger partial charge >= 0.3 is 12.2 Å². The summed E-state index contributed by atoms with van der Waals surface area (Å²) in [5.41, 5.74) is -0.301. The van der Waals surface area contributed by atoms with E-state index >= 15 is 0 Å². The molecule has 0 saturated carbocycles. The maximum absolute atomic E-state index is 13.0. The summed E-state index contributed by atoms with van der Waals surface area (Å²) in [6, 6.07) is 4.75. The summed E-state index contributed by atoms with van der Waals surface area (Å²) in [5.74, 6) is 0.333. The number of carbonyl (C=O) groups is 1. The topological polar surface area (TPSA) is 70.5 Å². The molecule has 0 radical (unpaired) electrons. The van der Waals surface area contributed by atoms with Crippen molar-refractivity contribution in [2.24, 2.45) is 0 Å². The Balaban J connectivity index is 1.58. The molecule has 1 aliphatic heterocycles. The molecule has 1 amide bonds. The summed E-state index contributed by atoms with van der Waals surface area (Å²) >= 11 is 5.83. The fourth-order valence-corrected chi connectivity index (χ4v) is 3.70. The van der Waals surface area contributed by atoms with Crippen molar-refractivity contribution in [1.82, 2.24) is 19.6 Å². The lowest BCUT2D eigenvalue weighted by atomic mass is 10.1. The number of halogens is 4. The number of hydrogen-bond acceptors (Lipinski definition) is 4. The molecule has 1 saturated heterocycles. The largest absolute Gasteiger partial charge is 0.416 e. The Hall–Kier alpha value is -2.11. The third kappa shape index (κ3) is 5.71. The Bertz CT molecular complexity index is 913. The van der Waals surface area contributed by atoms with Crippen LogP contribution in [0.3, 0.4) is 0 Å². The van der Waals surface area contributed by atoms with Gasteiger partial charge in [-0.25, -0.2) is 9.00 Å². The first kappa shape index (κ1) is 21.6. The zero-order chi connectivity index (χ0) is 21.2. The average molecular weight is 450 g/mol. The normalized spacial score (nSPS) is 16.7. The van der Waals surface area contributed by atoms with E-state index in [1.807, 2.05) is 4.90 Å². The van der Waals surface area contributed by atoms with Gasteiger partial charge in [0.15, 0.2) is 5.82 Å². The summed E-state index contributed by atoms with van der Waals surface area (Å²) in [6.07, 6.45) is -1.52. The standard InChI is InChI=1S/C17H19ClF3N5O2S/c1-29(28)23-15-2-3-26(22-15)16(27)25-6-4-24(5-7-25)11-12-8-13(17(19,20)21)10-14(18)9-12/h2-3,8-10H,4-7,11H2,1H3,(H,22,23). The van der Waals surface area contributed by atoms with E-state index in [4.69, 9.17) is 11.6 Å². The van der Waals surface area contributed by atoms with Crippen molar-refractivity contribution in [2.45, 2.75) is 12.7 Å². The van der Waals surface area contributed by atoms with E-state index in [9.17, 15) is 22.2 Å². The number of carbonyl (C=O) groups excluding carboxylic acids is 1. The van der Waals surface area contributed by atoms with Crippen LogP contribution in [0.2, 0.25) is 5.02 Å². The lowest BCUT2D eigenvalue weighted by molar-refractivity contribution is -0.137. The molecule has 12 heteroatoms. The van der Waals surface area contributed by atoms with Gasteiger partial charge in [0.1, 0.15) is 11.0 Å². The predicted molar refractivity (Wildman–Crippen MR) is 104 cm³/mol. The molecule has 1 aromatic heterocycles. The molecule has 0 bridgehead atoms. The lowest BCUT2D eigenvalue weighted by Gasteiger charge is -2.34. The van der Waals surface area contributed by atoms with Crippen molar-refractivity contribution in [1.29, 1.82) is 0 Å². The van der Waals surface area contributed by atoms with Gasteiger partial charge in [0, 0.05) is 56.3 Å². The number of nitrogens with one attached hydrogen (secondary N) is 1. The summed E-state index contributed by atoms with van der Waals surface area (Å²) in [7, 11) is -1.29. The first-order valence-electron chi connectivity index (χ1n) is 8.66. The molecule has 1 fully saturated rings. The van der Waals surface area contributed by atoms with Crippen LogP contribution in [-0.4, -0.2) is 62.3 Å². The van der Waals surface area contributed by atoms with Gasteiger partial charge in [-0.2, -0.15) is 17.9 Å². The van der Waals surface area contributed by atoms with Gasteiger partial charge in [0.2, 0.25) is 0 Å². The van der Waals surface area contributed by atoms with Gasteiger partial charge in [0.05, 0.1) is 5.56 Å². The minimum absolute atomic E-state index is 0.0414. The second-order valence-corrected chi connectivity index (χ2v) is 8.14. The van der Waals surface area contributed by atoms with Crippen LogP contribution in [0, 0.1) is 0 Å². The van der Waals surface area contributed by atoms with Crippen LogP contribution in [0.25, 0.3) is 0 Å². The van der Waals surface area contributed by atoms with Crippen molar-refractivity contribution in [3.05, 3.63) is 46.6 Å². The highest BCUT2D eigenvalue weighted by Gasteiger charge is 2.31. The van der Waals surface area contributed by atoms with Crippen molar-refractivity contribution in [2.75, 3.05) is 37.2 Å². The maximum atomic E-state index is 13.0. The van der Waals surface area contributed by atoms with E-state index in [-0.39, 0.29) is 11.1 Å². The van der Waals surface area contributed by atoms with Crippen molar-refractivity contribution < 1.29 is 22.2 Å². The van der Waals surface area contributed by atoms with Gasteiger partial charge in [-0.3, -0.25) is 9.62 Å². The summed E-state index contributed by atoms with van der Waals surface area (Å²) in [6.45, 7) is 2.14. The molecule has 1 atom stereocenters. The second kappa shape index (κ2) is 8.72. The molecule has 7 nitrogen and oxygen atoms in total. The van der Waals surface area contributed by atoms with E-state index in [0.29, 0.717) is 44.1 Å². The Morgan fingerprint density at radius 1 is 1.24 bits per heavy atom. The third-order valence-electron chi connectivity index (χ3n) is 4.37. The average Bonchev–Trinajstić information content (AvgIpc) is 3.08. The number of hydrogen-bond donors (Lipinski definition) is 1. The number of benzene rings is 1. The Morgan fingerprint density at radius 3 is 2.55 bits per heavy atom.